The number of alkyl halides is 1. The van der Waals surface area contributed by atoms with Gasteiger partial charge < -0.3 is 5.11 Å². The van der Waals surface area contributed by atoms with Crippen LogP contribution >= 0.6 is 11.6 Å². The highest BCUT2D eigenvalue weighted by Crippen LogP contribution is 2.31. The molecule has 1 fully saturated rings. The number of aliphatic carboxylic acids is 1. The summed E-state index contributed by atoms with van der Waals surface area (Å²) in [4.78, 5) is 11.1. The number of likely N-dealkylation sites (tertiary alicyclic amines) is 1. The molecular formula is C6H10ClNO2. The first-order valence-electron chi connectivity index (χ1n) is 3.21. The average Bonchev–Trinajstić information content (AvgIpc) is 2.15. The molecule has 3 nitrogen and oxygen atoms in total. The lowest BCUT2D eigenvalue weighted by Crippen LogP contribution is -2.43. The van der Waals surface area contributed by atoms with E-state index < -0.39 is 11.0 Å². The number of likely N-dealkylation sites (N-methyl/N-ethyl adjacent to an activating group) is 1. The van der Waals surface area contributed by atoms with Crippen LogP contribution in [0, 0.1) is 0 Å². The number of nitrogens with zero attached hydrogens (tertiary/aromatic N) is 1. The summed E-state index contributed by atoms with van der Waals surface area (Å²) in [6.07, 6.45) is 1.41. The highest BCUT2D eigenvalue weighted by molar-refractivity contribution is 6.33. The molecule has 1 N–H and O–H groups in total. The van der Waals surface area contributed by atoms with Gasteiger partial charge in [0.25, 0.3) is 0 Å². The van der Waals surface area contributed by atoms with Crippen LogP contribution in [0.4, 0.5) is 0 Å². The van der Waals surface area contributed by atoms with Crippen molar-refractivity contribution in [1.82, 2.24) is 4.90 Å². The minimum Gasteiger partial charge on any atom is -0.479 e. The van der Waals surface area contributed by atoms with E-state index in [1.54, 1.807) is 11.9 Å². The second-order valence-corrected chi connectivity index (χ2v) is 3.21. The summed E-state index contributed by atoms with van der Waals surface area (Å²) in [7, 11) is 1.73. The van der Waals surface area contributed by atoms with Crippen molar-refractivity contribution in [3.8, 4) is 0 Å². The van der Waals surface area contributed by atoms with E-state index in [4.69, 9.17) is 16.7 Å². The summed E-state index contributed by atoms with van der Waals surface area (Å²) in [5, 5.41) is 8.67. The van der Waals surface area contributed by atoms with E-state index >= 15 is 0 Å². The summed E-state index contributed by atoms with van der Waals surface area (Å²) in [6.45, 7) is 0.774. The van der Waals surface area contributed by atoms with Gasteiger partial charge >= 0.3 is 5.97 Å². The standard InChI is InChI=1S/C6H10ClNO2/c1-8-4-2-3-6(8,7)5(9)10/h2-4H2,1H3,(H,9,10). The normalized spacial score (nSPS) is 34.6. The van der Waals surface area contributed by atoms with Crippen LogP contribution in [0.2, 0.25) is 0 Å². The molecule has 0 spiro atoms. The van der Waals surface area contributed by atoms with Gasteiger partial charge in [-0.3, -0.25) is 4.90 Å². The molecule has 1 atom stereocenters. The van der Waals surface area contributed by atoms with Crippen LogP contribution in [0.5, 0.6) is 0 Å². The van der Waals surface area contributed by atoms with Gasteiger partial charge in [-0.05, 0) is 19.9 Å². The molecule has 1 heterocycles. The Hall–Kier alpha value is -0.280. The highest BCUT2D eigenvalue weighted by Gasteiger charge is 2.43. The predicted molar refractivity (Wildman–Crippen MR) is 38.1 cm³/mol. The van der Waals surface area contributed by atoms with E-state index in [1.807, 2.05) is 0 Å². The van der Waals surface area contributed by atoms with Crippen molar-refractivity contribution in [2.45, 2.75) is 17.8 Å². The lowest BCUT2D eigenvalue weighted by molar-refractivity contribution is -0.143. The molecule has 0 radical (unpaired) electrons. The van der Waals surface area contributed by atoms with Crippen LogP contribution in [-0.4, -0.2) is 34.6 Å². The minimum absolute atomic E-state index is 0.542. The maximum absolute atomic E-state index is 10.6. The molecule has 0 aromatic rings. The minimum atomic E-state index is -1.12. The lowest BCUT2D eigenvalue weighted by atomic mass is 10.2. The number of hydrogen-bond acceptors (Lipinski definition) is 2. The monoisotopic (exact) mass is 163 g/mol. The second kappa shape index (κ2) is 2.40. The molecule has 10 heavy (non-hydrogen) atoms. The summed E-state index contributed by atoms with van der Waals surface area (Å²) < 4.78 is 0. The van der Waals surface area contributed by atoms with E-state index in [2.05, 4.69) is 0 Å². The molecule has 1 aliphatic heterocycles. The van der Waals surface area contributed by atoms with Crippen molar-refractivity contribution >= 4 is 17.6 Å². The van der Waals surface area contributed by atoms with Crippen LogP contribution in [0.25, 0.3) is 0 Å². The van der Waals surface area contributed by atoms with E-state index in [0.29, 0.717) is 6.42 Å². The number of carboxylic acids is 1. The molecule has 0 aliphatic carbocycles. The Morgan fingerprint density at radius 2 is 2.40 bits per heavy atom. The van der Waals surface area contributed by atoms with Crippen LogP contribution in [0.15, 0.2) is 0 Å². The molecule has 1 unspecified atom stereocenters. The molecule has 0 saturated carbocycles. The molecule has 1 rings (SSSR count). The first kappa shape index (κ1) is 7.82. The zero-order valence-electron chi connectivity index (χ0n) is 5.80. The van der Waals surface area contributed by atoms with Crippen molar-refractivity contribution in [3.63, 3.8) is 0 Å². The molecular weight excluding hydrogens is 154 g/mol. The topological polar surface area (TPSA) is 40.5 Å². The Morgan fingerprint density at radius 3 is 2.60 bits per heavy atom. The van der Waals surface area contributed by atoms with Gasteiger partial charge in [-0.1, -0.05) is 11.6 Å². The fourth-order valence-corrected chi connectivity index (χ4v) is 1.41. The number of carbonyl (C=O) groups is 1. The molecule has 1 saturated heterocycles. The lowest BCUT2D eigenvalue weighted by Gasteiger charge is -2.23. The predicted octanol–water partition coefficient (Wildman–Crippen LogP) is 0.732. The summed E-state index contributed by atoms with van der Waals surface area (Å²) in [6, 6.07) is 0. The van der Waals surface area contributed by atoms with Crippen LogP contribution in [0.1, 0.15) is 12.8 Å². The molecule has 0 aromatic carbocycles. The molecule has 58 valence electrons. The Labute approximate surface area is 64.6 Å². The van der Waals surface area contributed by atoms with Gasteiger partial charge in [0.1, 0.15) is 0 Å². The van der Waals surface area contributed by atoms with Crippen molar-refractivity contribution < 1.29 is 9.90 Å². The fraction of sp³-hybridized carbons (Fsp3) is 0.833. The zero-order valence-corrected chi connectivity index (χ0v) is 6.56. The first-order chi connectivity index (χ1) is 4.57. The maximum Gasteiger partial charge on any atom is 0.339 e. The second-order valence-electron chi connectivity index (χ2n) is 2.59. The third-order valence-electron chi connectivity index (χ3n) is 1.93. The SMILES string of the molecule is CN1CCCC1(Cl)C(=O)O. The van der Waals surface area contributed by atoms with Crippen molar-refractivity contribution in [3.05, 3.63) is 0 Å². The summed E-state index contributed by atoms with van der Waals surface area (Å²) in [5.41, 5.74) is 0. The highest BCUT2D eigenvalue weighted by atomic mass is 35.5. The van der Waals surface area contributed by atoms with E-state index in [-0.39, 0.29) is 0 Å². The molecule has 1 aliphatic rings. The van der Waals surface area contributed by atoms with Gasteiger partial charge in [-0.25, -0.2) is 4.79 Å². The van der Waals surface area contributed by atoms with Gasteiger partial charge in [-0.2, -0.15) is 0 Å². The van der Waals surface area contributed by atoms with Crippen molar-refractivity contribution in [2.75, 3.05) is 13.6 Å². The van der Waals surface area contributed by atoms with E-state index in [0.717, 1.165) is 13.0 Å². The third-order valence-corrected chi connectivity index (χ3v) is 2.57. The fourth-order valence-electron chi connectivity index (χ4n) is 1.19. The Kier molecular flexibility index (Phi) is 1.88. The molecule has 0 aromatic heterocycles. The van der Waals surface area contributed by atoms with Gasteiger partial charge in [0.15, 0.2) is 5.00 Å². The third kappa shape index (κ3) is 0.995. The van der Waals surface area contributed by atoms with Gasteiger partial charge in [0.05, 0.1) is 0 Å². The number of carboxylic acid groups (broad SMARTS) is 1. The number of hydrogen-bond donors (Lipinski definition) is 1. The number of halogens is 1. The van der Waals surface area contributed by atoms with Crippen molar-refractivity contribution in [1.29, 1.82) is 0 Å². The molecule has 0 bridgehead atoms. The van der Waals surface area contributed by atoms with Crippen LogP contribution in [-0.2, 0) is 4.79 Å². The van der Waals surface area contributed by atoms with Crippen LogP contribution < -0.4 is 0 Å². The van der Waals surface area contributed by atoms with Gasteiger partial charge in [0, 0.05) is 6.54 Å². The Bertz CT molecular complexity index is 162. The van der Waals surface area contributed by atoms with E-state index in [1.165, 1.54) is 0 Å². The average molecular weight is 164 g/mol. The summed E-state index contributed by atoms with van der Waals surface area (Å²) >= 11 is 5.78. The maximum atomic E-state index is 10.6. The zero-order chi connectivity index (χ0) is 7.78. The largest absolute Gasteiger partial charge is 0.479 e. The van der Waals surface area contributed by atoms with E-state index in [9.17, 15) is 4.79 Å². The first-order valence-corrected chi connectivity index (χ1v) is 3.59. The van der Waals surface area contributed by atoms with Crippen molar-refractivity contribution in [2.24, 2.45) is 0 Å². The quantitative estimate of drug-likeness (QED) is 0.458. The number of rotatable bonds is 1. The smallest absolute Gasteiger partial charge is 0.339 e. The Balaban J connectivity index is 2.75. The van der Waals surface area contributed by atoms with Crippen LogP contribution in [0.3, 0.4) is 0 Å². The van der Waals surface area contributed by atoms with Gasteiger partial charge in [-0.15, -0.1) is 0 Å². The van der Waals surface area contributed by atoms with Gasteiger partial charge in [0.2, 0.25) is 0 Å². The Morgan fingerprint density at radius 1 is 1.80 bits per heavy atom. The summed E-state index contributed by atoms with van der Waals surface area (Å²) in [5.74, 6) is -0.936. The molecule has 0 amide bonds. The molecule has 4 heteroatoms.